The Hall–Kier alpha value is -1.13. The minimum atomic E-state index is 0.207. The van der Waals surface area contributed by atoms with Gasteiger partial charge in [-0.1, -0.05) is 0 Å². The number of pyridine rings is 1. The molecule has 0 aromatic carbocycles. The third kappa shape index (κ3) is 2.82. The first kappa shape index (κ1) is 13.3. The standard InChI is InChI=1S/C14H22N2O2/c1-10-8-15-13(11(2)14(10)18-3)9-16(6-7-17)12-4-5-12/h8,12,17H,4-7,9H2,1-3H3. The number of hydrogen-bond donors (Lipinski definition) is 1. The molecule has 1 heterocycles. The predicted octanol–water partition coefficient (Wildman–Crippen LogP) is 1.66. The largest absolute Gasteiger partial charge is 0.496 e. The number of ether oxygens (including phenoxy) is 1. The van der Waals surface area contributed by atoms with Crippen molar-refractivity contribution in [2.45, 2.75) is 39.3 Å². The highest BCUT2D eigenvalue weighted by molar-refractivity contribution is 5.41. The van der Waals surface area contributed by atoms with E-state index in [0.717, 1.165) is 35.7 Å². The molecule has 1 aromatic heterocycles. The zero-order valence-corrected chi connectivity index (χ0v) is 11.4. The van der Waals surface area contributed by atoms with Crippen molar-refractivity contribution in [2.24, 2.45) is 0 Å². The summed E-state index contributed by atoms with van der Waals surface area (Å²) in [6.45, 7) is 5.79. The van der Waals surface area contributed by atoms with Crippen molar-refractivity contribution in [3.63, 3.8) is 0 Å². The maximum atomic E-state index is 9.12. The number of hydrogen-bond acceptors (Lipinski definition) is 4. The second-order valence-electron chi connectivity index (χ2n) is 4.97. The zero-order valence-electron chi connectivity index (χ0n) is 11.4. The molecular weight excluding hydrogens is 228 g/mol. The Morgan fingerprint density at radius 3 is 2.72 bits per heavy atom. The lowest BCUT2D eigenvalue weighted by molar-refractivity contribution is 0.181. The third-order valence-corrected chi connectivity index (χ3v) is 3.55. The summed E-state index contributed by atoms with van der Waals surface area (Å²) in [5, 5.41) is 9.12. The van der Waals surface area contributed by atoms with Crippen LogP contribution in [-0.2, 0) is 6.54 Å². The molecule has 4 nitrogen and oxygen atoms in total. The van der Waals surface area contributed by atoms with E-state index in [-0.39, 0.29) is 6.61 Å². The molecule has 1 aliphatic carbocycles. The van der Waals surface area contributed by atoms with Crippen LogP contribution < -0.4 is 4.74 Å². The summed E-state index contributed by atoms with van der Waals surface area (Å²) >= 11 is 0. The number of aliphatic hydroxyl groups excluding tert-OH is 1. The summed E-state index contributed by atoms with van der Waals surface area (Å²) in [6, 6.07) is 0.630. The van der Waals surface area contributed by atoms with Crippen molar-refractivity contribution in [3.8, 4) is 5.75 Å². The maximum Gasteiger partial charge on any atom is 0.128 e. The van der Waals surface area contributed by atoms with Gasteiger partial charge in [-0.15, -0.1) is 0 Å². The average Bonchev–Trinajstić information content (AvgIpc) is 3.16. The molecule has 0 radical (unpaired) electrons. The average molecular weight is 250 g/mol. The lowest BCUT2D eigenvalue weighted by Crippen LogP contribution is -2.29. The number of nitrogens with zero attached hydrogens (tertiary/aromatic N) is 2. The van der Waals surface area contributed by atoms with Crippen LogP contribution in [0.4, 0.5) is 0 Å². The topological polar surface area (TPSA) is 45.6 Å². The molecule has 1 aliphatic rings. The van der Waals surface area contributed by atoms with Gasteiger partial charge < -0.3 is 9.84 Å². The summed E-state index contributed by atoms with van der Waals surface area (Å²) in [5.74, 6) is 0.930. The Bertz CT molecular complexity index is 417. The van der Waals surface area contributed by atoms with Gasteiger partial charge in [-0.2, -0.15) is 0 Å². The van der Waals surface area contributed by atoms with Crippen molar-refractivity contribution in [1.82, 2.24) is 9.88 Å². The molecule has 1 aromatic rings. The second-order valence-corrected chi connectivity index (χ2v) is 4.97. The Morgan fingerprint density at radius 1 is 1.44 bits per heavy atom. The summed E-state index contributed by atoms with van der Waals surface area (Å²) in [4.78, 5) is 6.82. The highest BCUT2D eigenvalue weighted by atomic mass is 16.5. The summed E-state index contributed by atoms with van der Waals surface area (Å²) < 4.78 is 5.43. The maximum absolute atomic E-state index is 9.12. The first-order valence-corrected chi connectivity index (χ1v) is 6.51. The van der Waals surface area contributed by atoms with E-state index < -0.39 is 0 Å². The van der Waals surface area contributed by atoms with Gasteiger partial charge in [-0.3, -0.25) is 9.88 Å². The molecule has 0 aliphatic heterocycles. The van der Waals surface area contributed by atoms with Crippen LogP contribution in [-0.4, -0.2) is 41.3 Å². The van der Waals surface area contributed by atoms with E-state index in [9.17, 15) is 0 Å². The molecule has 100 valence electrons. The van der Waals surface area contributed by atoms with Crippen LogP contribution in [0, 0.1) is 13.8 Å². The van der Waals surface area contributed by atoms with Crippen LogP contribution >= 0.6 is 0 Å². The Morgan fingerprint density at radius 2 is 2.17 bits per heavy atom. The molecule has 0 saturated heterocycles. The van der Waals surface area contributed by atoms with Crippen molar-refractivity contribution in [1.29, 1.82) is 0 Å². The number of aliphatic hydroxyl groups is 1. The Labute approximate surface area is 109 Å². The monoisotopic (exact) mass is 250 g/mol. The molecule has 1 N–H and O–H groups in total. The highest BCUT2D eigenvalue weighted by Gasteiger charge is 2.29. The molecule has 4 heteroatoms. The van der Waals surface area contributed by atoms with Crippen LogP contribution in [0.1, 0.15) is 29.7 Å². The molecule has 2 rings (SSSR count). The van der Waals surface area contributed by atoms with Crippen LogP contribution in [0.5, 0.6) is 5.75 Å². The summed E-state index contributed by atoms with van der Waals surface area (Å²) in [5.41, 5.74) is 3.23. The van der Waals surface area contributed by atoms with E-state index >= 15 is 0 Å². The molecule has 0 atom stereocenters. The number of aryl methyl sites for hydroxylation is 1. The lowest BCUT2D eigenvalue weighted by Gasteiger charge is -2.22. The molecule has 0 spiro atoms. The van der Waals surface area contributed by atoms with Gasteiger partial charge in [0.25, 0.3) is 0 Å². The van der Waals surface area contributed by atoms with E-state index in [1.54, 1.807) is 7.11 Å². The van der Waals surface area contributed by atoms with Gasteiger partial charge in [0.15, 0.2) is 0 Å². The van der Waals surface area contributed by atoms with E-state index in [4.69, 9.17) is 9.84 Å². The van der Waals surface area contributed by atoms with Crippen molar-refractivity contribution in [3.05, 3.63) is 23.0 Å². The Balaban J connectivity index is 2.17. The normalized spacial score (nSPS) is 15.2. The van der Waals surface area contributed by atoms with Crippen LogP contribution in [0.2, 0.25) is 0 Å². The fourth-order valence-corrected chi connectivity index (χ4v) is 2.38. The van der Waals surface area contributed by atoms with Gasteiger partial charge in [0, 0.05) is 36.5 Å². The first-order valence-electron chi connectivity index (χ1n) is 6.51. The van der Waals surface area contributed by atoms with Gasteiger partial charge >= 0.3 is 0 Å². The summed E-state index contributed by atoms with van der Waals surface area (Å²) in [6.07, 6.45) is 4.34. The molecule has 0 amide bonds. The van der Waals surface area contributed by atoms with Gasteiger partial charge in [-0.05, 0) is 26.7 Å². The minimum absolute atomic E-state index is 0.207. The second kappa shape index (κ2) is 5.67. The summed E-state index contributed by atoms with van der Waals surface area (Å²) in [7, 11) is 1.70. The van der Waals surface area contributed by atoms with E-state index in [2.05, 4.69) is 16.8 Å². The van der Waals surface area contributed by atoms with E-state index in [1.807, 2.05) is 13.1 Å². The molecule has 18 heavy (non-hydrogen) atoms. The highest BCUT2D eigenvalue weighted by Crippen LogP contribution is 2.30. The first-order chi connectivity index (χ1) is 8.67. The number of aromatic nitrogens is 1. The molecule has 0 bridgehead atoms. The van der Waals surface area contributed by atoms with Gasteiger partial charge in [0.2, 0.25) is 0 Å². The quantitative estimate of drug-likeness (QED) is 0.834. The number of methoxy groups -OCH3 is 1. The van der Waals surface area contributed by atoms with Crippen LogP contribution in [0.15, 0.2) is 6.20 Å². The van der Waals surface area contributed by atoms with Crippen molar-refractivity contribution in [2.75, 3.05) is 20.3 Å². The van der Waals surface area contributed by atoms with E-state index in [1.165, 1.54) is 12.8 Å². The smallest absolute Gasteiger partial charge is 0.128 e. The predicted molar refractivity (Wildman–Crippen MR) is 70.8 cm³/mol. The van der Waals surface area contributed by atoms with Crippen LogP contribution in [0.3, 0.4) is 0 Å². The van der Waals surface area contributed by atoms with Gasteiger partial charge in [0.1, 0.15) is 5.75 Å². The minimum Gasteiger partial charge on any atom is -0.496 e. The van der Waals surface area contributed by atoms with Crippen LogP contribution in [0.25, 0.3) is 0 Å². The Kier molecular flexibility index (Phi) is 4.19. The molecule has 1 saturated carbocycles. The molecule has 1 fully saturated rings. The fourth-order valence-electron chi connectivity index (χ4n) is 2.38. The number of rotatable bonds is 6. The third-order valence-electron chi connectivity index (χ3n) is 3.55. The zero-order chi connectivity index (χ0) is 13.1. The van der Waals surface area contributed by atoms with Gasteiger partial charge in [-0.25, -0.2) is 0 Å². The fraction of sp³-hybridized carbons (Fsp3) is 0.643. The van der Waals surface area contributed by atoms with Gasteiger partial charge in [0.05, 0.1) is 19.4 Å². The SMILES string of the molecule is COc1c(C)cnc(CN(CCO)C2CC2)c1C. The molecular formula is C14H22N2O2. The van der Waals surface area contributed by atoms with Crippen molar-refractivity contribution < 1.29 is 9.84 Å². The van der Waals surface area contributed by atoms with Crippen molar-refractivity contribution >= 4 is 0 Å². The van der Waals surface area contributed by atoms with E-state index in [0.29, 0.717) is 6.04 Å². The lowest BCUT2D eigenvalue weighted by atomic mass is 10.1. The molecule has 0 unspecified atom stereocenters.